The van der Waals surface area contributed by atoms with Gasteiger partial charge in [-0.25, -0.2) is 9.59 Å². The van der Waals surface area contributed by atoms with E-state index in [1.54, 1.807) is 34.6 Å². The molecule has 13 atom stereocenters. The number of aliphatic hydroxyl groups is 3. The van der Waals surface area contributed by atoms with Gasteiger partial charge in [0.2, 0.25) is 0 Å². The summed E-state index contributed by atoms with van der Waals surface area (Å²) in [5.41, 5.74) is -1.49. The standard InChI is InChI=1S/C41H66O10/c1-12-24(6)34(45)37(47)50-28-20-40(10)27(25-18-26(49-21-25)17-22(2)3)13-14-29(40)41(11)31(51-36(46)33(44)23(4)5)19-30(38(7,8)48)39(9,35(28)41)16-15-32(42)43/h14,17,23-28,30-31,33-35,44-45,48H,12-13,15-16,18-21H2,1-11H3,(H,42,43)/t24-,25-,26-,27+,28-,30+,31-,33-,34-,35-,39+,40+,41-/m1/s1. The Hall–Kier alpha value is -2.27. The maximum atomic E-state index is 13.9. The third-order valence-corrected chi connectivity index (χ3v) is 13.6. The molecular formula is C41H66O10. The maximum Gasteiger partial charge on any atom is 0.335 e. The summed E-state index contributed by atoms with van der Waals surface area (Å²) in [5.74, 6) is -4.05. The van der Waals surface area contributed by atoms with Gasteiger partial charge in [-0.15, -0.1) is 0 Å². The van der Waals surface area contributed by atoms with Gasteiger partial charge in [0.05, 0.1) is 18.3 Å². The van der Waals surface area contributed by atoms with Crippen LogP contribution in [0.4, 0.5) is 0 Å². The topological polar surface area (TPSA) is 160 Å². The zero-order chi connectivity index (χ0) is 38.4. The van der Waals surface area contributed by atoms with Gasteiger partial charge in [-0.3, -0.25) is 4.79 Å². The Morgan fingerprint density at radius 3 is 2.22 bits per heavy atom. The van der Waals surface area contributed by atoms with E-state index in [0.717, 1.165) is 18.4 Å². The van der Waals surface area contributed by atoms with Gasteiger partial charge < -0.3 is 34.6 Å². The molecule has 0 aromatic heterocycles. The van der Waals surface area contributed by atoms with Crippen LogP contribution in [0.2, 0.25) is 0 Å². The highest BCUT2D eigenvalue weighted by molar-refractivity contribution is 5.75. The lowest BCUT2D eigenvalue weighted by molar-refractivity contribution is -0.242. The predicted octanol–water partition coefficient (Wildman–Crippen LogP) is 6.25. The fourth-order valence-electron chi connectivity index (χ4n) is 11.0. The van der Waals surface area contributed by atoms with Gasteiger partial charge >= 0.3 is 17.9 Å². The summed E-state index contributed by atoms with van der Waals surface area (Å²) in [6.07, 6.45) is 2.87. The van der Waals surface area contributed by atoms with E-state index < -0.39 is 81.9 Å². The van der Waals surface area contributed by atoms with E-state index in [0.29, 0.717) is 19.4 Å². The number of aliphatic carboxylic acids is 1. The largest absolute Gasteiger partial charge is 0.481 e. The number of rotatable bonds is 13. The van der Waals surface area contributed by atoms with Crippen LogP contribution in [0.25, 0.3) is 0 Å². The number of carbonyl (C=O) groups is 3. The molecule has 0 spiro atoms. The molecule has 2 saturated carbocycles. The fraction of sp³-hybridized carbons (Fsp3) is 0.829. The van der Waals surface area contributed by atoms with Crippen molar-refractivity contribution in [2.75, 3.05) is 6.61 Å². The van der Waals surface area contributed by atoms with Gasteiger partial charge in [-0.2, -0.15) is 0 Å². The van der Waals surface area contributed by atoms with Crippen LogP contribution in [0.1, 0.15) is 121 Å². The molecule has 0 amide bonds. The van der Waals surface area contributed by atoms with Crippen molar-refractivity contribution >= 4 is 17.9 Å². The van der Waals surface area contributed by atoms with E-state index in [1.807, 2.05) is 20.8 Å². The highest BCUT2D eigenvalue weighted by Gasteiger charge is 2.71. The quantitative estimate of drug-likeness (QED) is 0.127. The molecule has 0 aromatic carbocycles. The zero-order valence-electron chi connectivity index (χ0n) is 32.9. The van der Waals surface area contributed by atoms with Crippen molar-refractivity contribution < 1.29 is 49.0 Å². The first-order chi connectivity index (χ1) is 23.5. The van der Waals surface area contributed by atoms with E-state index in [-0.39, 0.29) is 43.1 Å². The molecule has 51 heavy (non-hydrogen) atoms. The van der Waals surface area contributed by atoms with E-state index >= 15 is 0 Å². The summed E-state index contributed by atoms with van der Waals surface area (Å²) < 4.78 is 19.1. The summed E-state index contributed by atoms with van der Waals surface area (Å²) in [7, 11) is 0. The summed E-state index contributed by atoms with van der Waals surface area (Å²) in [6, 6.07) is 0. The van der Waals surface area contributed by atoms with Gasteiger partial charge in [0.25, 0.3) is 0 Å². The average Bonchev–Trinajstić information content (AvgIpc) is 3.62. The highest BCUT2D eigenvalue weighted by Crippen LogP contribution is 2.72. The smallest absolute Gasteiger partial charge is 0.335 e. The highest BCUT2D eigenvalue weighted by atomic mass is 16.6. The summed E-state index contributed by atoms with van der Waals surface area (Å²) in [4.78, 5) is 39.7. The first-order valence-electron chi connectivity index (χ1n) is 19.2. The Labute approximate surface area is 305 Å². The number of carbonyl (C=O) groups excluding carboxylic acids is 2. The number of allylic oxidation sites excluding steroid dienone is 2. The molecule has 0 radical (unpaired) electrons. The second kappa shape index (κ2) is 15.2. The molecule has 290 valence electrons. The minimum atomic E-state index is -1.37. The molecule has 3 fully saturated rings. The van der Waals surface area contributed by atoms with Crippen molar-refractivity contribution in [1.29, 1.82) is 0 Å². The van der Waals surface area contributed by atoms with Crippen molar-refractivity contribution in [3.05, 3.63) is 23.3 Å². The van der Waals surface area contributed by atoms with Crippen molar-refractivity contribution in [2.24, 2.45) is 51.8 Å². The maximum absolute atomic E-state index is 13.9. The minimum absolute atomic E-state index is 0.00615. The van der Waals surface area contributed by atoms with Crippen molar-refractivity contribution in [2.45, 2.75) is 157 Å². The number of carboxylic acid groups (broad SMARTS) is 1. The molecule has 4 N–H and O–H groups in total. The van der Waals surface area contributed by atoms with Crippen molar-refractivity contribution in [1.82, 2.24) is 0 Å². The summed E-state index contributed by atoms with van der Waals surface area (Å²) in [6.45, 7) is 21.5. The molecule has 0 aromatic rings. The molecule has 1 saturated heterocycles. The van der Waals surface area contributed by atoms with E-state index in [9.17, 15) is 34.8 Å². The van der Waals surface area contributed by atoms with Gasteiger partial charge in [-0.05, 0) is 100 Å². The number of aliphatic hydroxyl groups excluding tert-OH is 2. The molecule has 1 aliphatic heterocycles. The molecular weight excluding hydrogens is 652 g/mol. The van der Waals surface area contributed by atoms with Crippen molar-refractivity contribution in [3.63, 3.8) is 0 Å². The third-order valence-electron chi connectivity index (χ3n) is 13.6. The Morgan fingerprint density at radius 2 is 1.67 bits per heavy atom. The molecule has 0 unspecified atom stereocenters. The number of hydrogen-bond acceptors (Lipinski definition) is 9. The molecule has 10 nitrogen and oxygen atoms in total. The number of hydrogen-bond donors (Lipinski definition) is 4. The van der Waals surface area contributed by atoms with Crippen molar-refractivity contribution in [3.8, 4) is 0 Å². The van der Waals surface area contributed by atoms with Crippen LogP contribution in [0.3, 0.4) is 0 Å². The van der Waals surface area contributed by atoms with Gasteiger partial charge in [0, 0.05) is 17.8 Å². The van der Waals surface area contributed by atoms with Gasteiger partial charge in [0.1, 0.15) is 12.2 Å². The molecule has 10 heteroatoms. The van der Waals surface area contributed by atoms with E-state index in [4.69, 9.17) is 14.2 Å². The van der Waals surface area contributed by atoms with Crippen LogP contribution in [0.15, 0.2) is 23.3 Å². The normalized spacial score (nSPS) is 38.2. The van der Waals surface area contributed by atoms with E-state index in [1.165, 1.54) is 5.57 Å². The molecule has 3 aliphatic carbocycles. The Morgan fingerprint density at radius 1 is 1.04 bits per heavy atom. The lowest BCUT2D eigenvalue weighted by Crippen LogP contribution is -2.68. The molecule has 1 heterocycles. The third kappa shape index (κ3) is 7.85. The second-order valence-electron chi connectivity index (χ2n) is 18.2. The first-order valence-corrected chi connectivity index (χ1v) is 19.2. The van der Waals surface area contributed by atoms with Crippen LogP contribution in [0, 0.1) is 51.8 Å². The molecule has 4 rings (SSSR count). The van der Waals surface area contributed by atoms with Crippen LogP contribution in [-0.4, -0.2) is 81.1 Å². The van der Waals surface area contributed by atoms with Gasteiger partial charge in [-0.1, -0.05) is 78.2 Å². The average molecular weight is 719 g/mol. The lowest BCUT2D eigenvalue weighted by Gasteiger charge is -2.67. The van der Waals surface area contributed by atoms with E-state index in [2.05, 4.69) is 32.9 Å². The number of ether oxygens (including phenoxy) is 3. The number of esters is 2. The summed E-state index contributed by atoms with van der Waals surface area (Å²) in [5, 5.41) is 43.8. The molecule has 0 bridgehead atoms. The zero-order valence-corrected chi connectivity index (χ0v) is 32.9. The monoisotopic (exact) mass is 718 g/mol. The van der Waals surface area contributed by atoms with Crippen LogP contribution < -0.4 is 0 Å². The van der Waals surface area contributed by atoms with Crippen LogP contribution in [0.5, 0.6) is 0 Å². The van der Waals surface area contributed by atoms with Crippen LogP contribution >= 0.6 is 0 Å². The number of fused-ring (bicyclic) bond motifs is 3. The Balaban J connectivity index is 1.94. The number of carboxylic acids is 1. The second-order valence-corrected chi connectivity index (χ2v) is 18.2. The summed E-state index contributed by atoms with van der Waals surface area (Å²) >= 11 is 0. The van der Waals surface area contributed by atoms with Gasteiger partial charge in [0.15, 0.2) is 12.2 Å². The minimum Gasteiger partial charge on any atom is -0.481 e. The lowest BCUT2D eigenvalue weighted by atomic mass is 9.39. The van der Waals surface area contributed by atoms with Crippen LogP contribution in [-0.2, 0) is 28.6 Å². The fourth-order valence-corrected chi connectivity index (χ4v) is 11.0. The predicted molar refractivity (Wildman–Crippen MR) is 193 cm³/mol. The SMILES string of the molecule is CC[C@@H](C)[C@@H](O)C(=O)O[C@@H]1C[C@]2(C)C(=CC[C@H]2[C@H]2CO[C@H](C=C(C)C)C2)[C@@]2(C)[C@H]1[C@@](C)(CCC(=O)O)[C@H](C(C)(C)O)C[C@H]2OC(=O)[C@H](O)C(C)C. The Bertz CT molecular complexity index is 1360. The molecule has 4 aliphatic rings. The Kier molecular flexibility index (Phi) is 12.4. The first kappa shape index (κ1) is 41.5.